The Bertz CT molecular complexity index is 773. The van der Waals surface area contributed by atoms with E-state index in [1.807, 2.05) is 29.0 Å². The van der Waals surface area contributed by atoms with Gasteiger partial charge in [0.15, 0.2) is 0 Å². The van der Waals surface area contributed by atoms with Crippen molar-refractivity contribution in [2.45, 2.75) is 32.2 Å². The Hall–Kier alpha value is -2.30. The fourth-order valence-corrected chi connectivity index (χ4v) is 3.08. The number of hydrogen-bond donors (Lipinski definition) is 1. The first-order valence-corrected chi connectivity index (χ1v) is 7.82. The highest BCUT2D eigenvalue weighted by Gasteiger charge is 2.26. The average molecular weight is 297 g/mol. The van der Waals surface area contributed by atoms with Crippen LogP contribution >= 0.6 is 0 Å². The highest BCUT2D eigenvalue weighted by molar-refractivity contribution is 5.86. The van der Waals surface area contributed by atoms with Gasteiger partial charge in [0.25, 0.3) is 0 Å². The molecule has 5 heteroatoms. The maximum Gasteiger partial charge on any atom is 0.411 e. The van der Waals surface area contributed by atoms with Gasteiger partial charge in [-0.05, 0) is 31.2 Å². The predicted octanol–water partition coefficient (Wildman–Crippen LogP) is 3.73. The van der Waals surface area contributed by atoms with Crippen LogP contribution in [-0.2, 0) is 0 Å². The number of amides is 1. The van der Waals surface area contributed by atoms with Crippen molar-refractivity contribution in [3.05, 3.63) is 36.0 Å². The maximum absolute atomic E-state index is 11.5. The van der Waals surface area contributed by atoms with E-state index in [0.717, 1.165) is 28.6 Å². The van der Waals surface area contributed by atoms with E-state index >= 15 is 0 Å². The molecule has 1 N–H and O–H groups in total. The molecule has 22 heavy (non-hydrogen) atoms. The fraction of sp³-hybridized carbons (Fsp3) is 0.412. The largest absolute Gasteiger partial charge is 0.465 e. The van der Waals surface area contributed by atoms with Gasteiger partial charge in [-0.3, -0.25) is 9.58 Å². The number of aromatic nitrogens is 2. The van der Waals surface area contributed by atoms with Crippen molar-refractivity contribution < 1.29 is 9.90 Å². The molecule has 2 aliphatic rings. The minimum absolute atomic E-state index is 0.359. The fourth-order valence-electron chi connectivity index (χ4n) is 3.08. The quantitative estimate of drug-likeness (QED) is 0.918. The van der Waals surface area contributed by atoms with E-state index in [1.54, 1.807) is 0 Å². The first kappa shape index (κ1) is 13.4. The number of carbonyl (C=O) groups is 1. The van der Waals surface area contributed by atoms with E-state index in [4.69, 9.17) is 0 Å². The molecular weight excluding hydrogens is 278 g/mol. The Kier molecular flexibility index (Phi) is 2.96. The molecule has 1 fully saturated rings. The zero-order valence-electron chi connectivity index (χ0n) is 12.6. The Morgan fingerprint density at radius 1 is 1.36 bits per heavy atom. The summed E-state index contributed by atoms with van der Waals surface area (Å²) in [6.45, 7) is 2.62. The smallest absolute Gasteiger partial charge is 0.411 e. The lowest BCUT2D eigenvalue weighted by Crippen LogP contribution is -2.34. The molecule has 0 spiro atoms. The molecule has 1 saturated carbocycles. The summed E-state index contributed by atoms with van der Waals surface area (Å²) in [4.78, 5) is 13.0. The number of allylic oxidation sites excluding steroid dienone is 1. The van der Waals surface area contributed by atoms with E-state index in [1.165, 1.54) is 17.7 Å². The number of carboxylic acid groups (broad SMARTS) is 1. The van der Waals surface area contributed by atoms with E-state index in [0.29, 0.717) is 18.5 Å². The Labute approximate surface area is 128 Å². The van der Waals surface area contributed by atoms with Crippen LogP contribution in [0.2, 0.25) is 0 Å². The number of rotatable bonds is 2. The van der Waals surface area contributed by atoms with Crippen LogP contribution < -0.4 is 0 Å². The summed E-state index contributed by atoms with van der Waals surface area (Å²) in [5, 5.41) is 15.2. The molecule has 1 atom stereocenters. The molecule has 1 aromatic heterocycles. The van der Waals surface area contributed by atoms with Gasteiger partial charge in [0.2, 0.25) is 0 Å². The van der Waals surface area contributed by atoms with Crippen molar-refractivity contribution in [1.82, 2.24) is 14.7 Å². The van der Waals surface area contributed by atoms with Crippen LogP contribution in [0.15, 0.2) is 30.5 Å². The lowest BCUT2D eigenvalue weighted by molar-refractivity contribution is 0.159. The van der Waals surface area contributed by atoms with Gasteiger partial charge in [0.05, 0.1) is 17.3 Å². The van der Waals surface area contributed by atoms with Crippen LogP contribution in [0.25, 0.3) is 16.6 Å². The van der Waals surface area contributed by atoms with Crippen molar-refractivity contribution >= 4 is 22.7 Å². The number of nitrogens with zero attached hydrogens (tertiary/aromatic N) is 3. The summed E-state index contributed by atoms with van der Waals surface area (Å²) >= 11 is 0. The lowest BCUT2D eigenvalue weighted by atomic mass is 9.98. The van der Waals surface area contributed by atoms with Crippen LogP contribution in [0.3, 0.4) is 0 Å². The molecule has 1 aliphatic heterocycles. The average Bonchev–Trinajstić information content (AvgIpc) is 3.26. The van der Waals surface area contributed by atoms with Crippen molar-refractivity contribution in [3.63, 3.8) is 0 Å². The zero-order valence-corrected chi connectivity index (χ0v) is 12.6. The summed E-state index contributed by atoms with van der Waals surface area (Å²) in [5.41, 5.74) is 2.66. The summed E-state index contributed by atoms with van der Waals surface area (Å²) in [7, 11) is 0. The van der Waals surface area contributed by atoms with Crippen molar-refractivity contribution in [1.29, 1.82) is 0 Å². The van der Waals surface area contributed by atoms with Gasteiger partial charge < -0.3 is 5.11 Å². The summed E-state index contributed by atoms with van der Waals surface area (Å²) in [6.07, 6.45) is 6.55. The third kappa shape index (κ3) is 2.26. The Balaban J connectivity index is 1.74. The second-order valence-corrected chi connectivity index (χ2v) is 6.44. The molecule has 0 saturated heterocycles. The van der Waals surface area contributed by atoms with Gasteiger partial charge in [0.1, 0.15) is 0 Å². The third-order valence-electron chi connectivity index (χ3n) is 4.47. The summed E-state index contributed by atoms with van der Waals surface area (Å²) < 4.78 is 2.04. The molecule has 2 aromatic rings. The van der Waals surface area contributed by atoms with Gasteiger partial charge in [-0.2, -0.15) is 5.10 Å². The van der Waals surface area contributed by atoms with Gasteiger partial charge in [-0.25, -0.2) is 4.79 Å². The molecule has 4 rings (SSSR count). The molecule has 1 aromatic carbocycles. The van der Waals surface area contributed by atoms with E-state index in [9.17, 15) is 9.90 Å². The minimum atomic E-state index is -0.888. The summed E-state index contributed by atoms with van der Waals surface area (Å²) in [6, 6.07) is 6.60. The normalized spacial score (nSPS) is 22.0. The summed E-state index contributed by atoms with van der Waals surface area (Å²) in [5.74, 6) is 0.359. The highest BCUT2D eigenvalue weighted by Crippen LogP contribution is 2.36. The van der Waals surface area contributed by atoms with Gasteiger partial charge in [0, 0.05) is 23.7 Å². The van der Waals surface area contributed by atoms with Crippen LogP contribution in [0, 0.1) is 5.92 Å². The molecule has 1 amide bonds. The van der Waals surface area contributed by atoms with E-state index < -0.39 is 6.09 Å². The molecule has 5 nitrogen and oxygen atoms in total. The minimum Gasteiger partial charge on any atom is -0.465 e. The molecule has 114 valence electrons. The van der Waals surface area contributed by atoms with Gasteiger partial charge in [-0.15, -0.1) is 0 Å². The maximum atomic E-state index is 11.5. The molecule has 2 heterocycles. The van der Waals surface area contributed by atoms with Gasteiger partial charge >= 0.3 is 6.09 Å². The van der Waals surface area contributed by atoms with Crippen molar-refractivity contribution in [3.8, 4) is 0 Å². The number of fused-ring (bicyclic) bond motifs is 1. The van der Waals surface area contributed by atoms with Crippen LogP contribution in [0.5, 0.6) is 0 Å². The molecule has 0 radical (unpaired) electrons. The molecular formula is C17H19N3O2. The first-order valence-electron chi connectivity index (χ1n) is 7.82. The van der Waals surface area contributed by atoms with E-state index in [-0.39, 0.29) is 0 Å². The molecule has 1 aliphatic carbocycles. The van der Waals surface area contributed by atoms with Crippen molar-refractivity contribution in [2.24, 2.45) is 5.92 Å². The Morgan fingerprint density at radius 2 is 2.18 bits per heavy atom. The second kappa shape index (κ2) is 4.87. The first-order chi connectivity index (χ1) is 10.6. The van der Waals surface area contributed by atoms with Crippen molar-refractivity contribution in [2.75, 3.05) is 6.54 Å². The topological polar surface area (TPSA) is 58.4 Å². The number of benzene rings is 1. The SMILES string of the molecule is CC1CC=C(c2ccc3cn(C4CC4)nc3c2)N(C(=O)O)C1. The van der Waals surface area contributed by atoms with Crippen LogP contribution in [0.4, 0.5) is 4.79 Å². The monoisotopic (exact) mass is 297 g/mol. The molecule has 1 unspecified atom stereocenters. The number of hydrogen-bond acceptors (Lipinski definition) is 2. The Morgan fingerprint density at radius 3 is 2.91 bits per heavy atom. The zero-order chi connectivity index (χ0) is 15.3. The van der Waals surface area contributed by atoms with E-state index in [2.05, 4.69) is 18.2 Å². The third-order valence-corrected chi connectivity index (χ3v) is 4.47. The second-order valence-electron chi connectivity index (χ2n) is 6.44. The van der Waals surface area contributed by atoms with Gasteiger partial charge in [-0.1, -0.05) is 25.1 Å². The molecule has 0 bridgehead atoms. The highest BCUT2D eigenvalue weighted by atomic mass is 16.4. The van der Waals surface area contributed by atoms with Crippen LogP contribution in [-0.4, -0.2) is 32.4 Å². The standard InChI is InChI=1S/C17H19N3O2/c1-11-2-7-16(19(9-11)17(21)22)12-3-4-13-10-20(14-5-6-14)18-15(13)8-12/h3-4,7-8,10-11,14H,2,5-6,9H2,1H3,(H,21,22). The predicted molar refractivity (Wildman–Crippen MR) is 84.5 cm³/mol. The lowest BCUT2D eigenvalue weighted by Gasteiger charge is -2.29. The van der Waals surface area contributed by atoms with Crippen LogP contribution in [0.1, 0.15) is 37.8 Å².